The van der Waals surface area contributed by atoms with Crippen molar-refractivity contribution in [3.05, 3.63) is 0 Å². The van der Waals surface area contributed by atoms with Crippen LogP contribution in [0.2, 0.25) is 0 Å². The molecule has 1 fully saturated rings. The maximum absolute atomic E-state index is 5.43. The van der Waals surface area contributed by atoms with E-state index in [1.165, 1.54) is 32.2 Å². The van der Waals surface area contributed by atoms with Crippen LogP contribution in [0.15, 0.2) is 0 Å². The van der Waals surface area contributed by atoms with Crippen LogP contribution in [-0.2, 0) is 4.74 Å². The lowest BCUT2D eigenvalue weighted by atomic mass is 9.63. The molecule has 1 rings (SSSR count). The number of rotatable bonds is 7. The lowest BCUT2D eigenvalue weighted by Crippen LogP contribution is -2.40. The fourth-order valence-electron chi connectivity index (χ4n) is 3.86. The van der Waals surface area contributed by atoms with Crippen LogP contribution in [0.3, 0.4) is 0 Å². The second-order valence-electron chi connectivity index (χ2n) is 7.94. The summed E-state index contributed by atoms with van der Waals surface area (Å²) in [5.41, 5.74) is 0.451. The molecule has 0 amide bonds. The molecule has 1 aliphatic rings. The second kappa shape index (κ2) is 8.38. The molecule has 1 aliphatic carbocycles. The van der Waals surface area contributed by atoms with Gasteiger partial charge in [-0.15, -0.1) is 0 Å². The van der Waals surface area contributed by atoms with Crippen molar-refractivity contribution in [2.75, 3.05) is 26.8 Å². The van der Waals surface area contributed by atoms with Gasteiger partial charge in [0.1, 0.15) is 0 Å². The molecule has 20 heavy (non-hydrogen) atoms. The van der Waals surface area contributed by atoms with Crippen molar-refractivity contribution in [1.82, 2.24) is 5.32 Å². The second-order valence-corrected chi connectivity index (χ2v) is 7.94. The van der Waals surface area contributed by atoms with Crippen LogP contribution in [0.5, 0.6) is 0 Å². The van der Waals surface area contributed by atoms with Crippen LogP contribution in [-0.4, -0.2) is 26.8 Å². The lowest BCUT2D eigenvalue weighted by molar-refractivity contribution is 0.0364. The van der Waals surface area contributed by atoms with Crippen LogP contribution >= 0.6 is 0 Å². The van der Waals surface area contributed by atoms with E-state index in [1.54, 1.807) is 0 Å². The molecule has 0 spiro atoms. The summed E-state index contributed by atoms with van der Waals surface area (Å²) in [6.45, 7) is 15.1. The van der Waals surface area contributed by atoms with Crippen molar-refractivity contribution in [3.8, 4) is 0 Å². The maximum Gasteiger partial charge on any atom is 0.0490 e. The molecule has 0 aromatic carbocycles. The first-order valence-corrected chi connectivity index (χ1v) is 8.59. The molecule has 0 heterocycles. The molecule has 1 saturated carbocycles. The Morgan fingerprint density at radius 2 is 1.95 bits per heavy atom. The van der Waals surface area contributed by atoms with E-state index in [1.807, 2.05) is 7.11 Å². The first-order chi connectivity index (χ1) is 9.40. The smallest absolute Gasteiger partial charge is 0.0490 e. The third-order valence-electron chi connectivity index (χ3n) is 5.27. The summed E-state index contributed by atoms with van der Waals surface area (Å²) >= 11 is 0. The quantitative estimate of drug-likeness (QED) is 0.701. The van der Waals surface area contributed by atoms with E-state index >= 15 is 0 Å². The summed E-state index contributed by atoms with van der Waals surface area (Å²) in [6, 6.07) is 0. The van der Waals surface area contributed by atoms with Gasteiger partial charge < -0.3 is 10.1 Å². The Labute approximate surface area is 127 Å². The summed E-state index contributed by atoms with van der Waals surface area (Å²) in [6.07, 6.45) is 5.40. The minimum atomic E-state index is 0.451. The molecule has 0 saturated heterocycles. The highest BCUT2D eigenvalue weighted by atomic mass is 16.5. The van der Waals surface area contributed by atoms with Gasteiger partial charge in [-0.1, -0.05) is 34.6 Å². The molecule has 4 unspecified atom stereocenters. The molecule has 0 aromatic heterocycles. The fourth-order valence-corrected chi connectivity index (χ4v) is 3.86. The third kappa shape index (κ3) is 5.37. The van der Waals surface area contributed by atoms with E-state index in [9.17, 15) is 0 Å². The highest BCUT2D eigenvalue weighted by Gasteiger charge is 2.37. The third-order valence-corrected chi connectivity index (χ3v) is 5.27. The Hall–Kier alpha value is -0.0800. The Morgan fingerprint density at radius 1 is 1.25 bits per heavy atom. The van der Waals surface area contributed by atoms with Crippen molar-refractivity contribution >= 4 is 0 Å². The topological polar surface area (TPSA) is 21.3 Å². The van der Waals surface area contributed by atoms with Crippen LogP contribution < -0.4 is 5.32 Å². The zero-order chi connectivity index (χ0) is 15.2. The summed E-state index contributed by atoms with van der Waals surface area (Å²) in [5.74, 6) is 3.20. The average Bonchev–Trinajstić information content (AvgIpc) is 2.38. The van der Waals surface area contributed by atoms with E-state index < -0.39 is 0 Å². The minimum Gasteiger partial charge on any atom is -0.384 e. The number of hydrogen-bond acceptors (Lipinski definition) is 2. The molecule has 120 valence electrons. The van der Waals surface area contributed by atoms with Gasteiger partial charge in [0.05, 0.1) is 0 Å². The Bertz CT molecular complexity index is 259. The van der Waals surface area contributed by atoms with Crippen molar-refractivity contribution in [1.29, 1.82) is 0 Å². The maximum atomic E-state index is 5.43. The number of methoxy groups -OCH3 is 1. The van der Waals surface area contributed by atoms with Gasteiger partial charge >= 0.3 is 0 Å². The molecule has 2 heteroatoms. The highest BCUT2D eigenvalue weighted by molar-refractivity contribution is 4.88. The fraction of sp³-hybridized carbons (Fsp3) is 1.00. The van der Waals surface area contributed by atoms with Gasteiger partial charge in [0.25, 0.3) is 0 Å². The van der Waals surface area contributed by atoms with Crippen LogP contribution in [0.4, 0.5) is 0 Å². The normalized spacial score (nSPS) is 29.4. The molecule has 0 aliphatic heterocycles. The first-order valence-electron chi connectivity index (χ1n) is 8.59. The molecule has 0 radical (unpaired) electrons. The summed E-state index contributed by atoms with van der Waals surface area (Å²) < 4.78 is 5.43. The van der Waals surface area contributed by atoms with E-state index in [2.05, 4.69) is 39.9 Å². The zero-order valence-corrected chi connectivity index (χ0v) is 14.7. The Balaban J connectivity index is 2.64. The predicted octanol–water partition coefficient (Wildman–Crippen LogP) is 4.35. The minimum absolute atomic E-state index is 0.451. The first kappa shape index (κ1) is 18.0. The van der Waals surface area contributed by atoms with Gasteiger partial charge in [-0.3, -0.25) is 0 Å². The molecule has 4 atom stereocenters. The average molecular weight is 284 g/mol. The van der Waals surface area contributed by atoms with Gasteiger partial charge in [-0.2, -0.15) is 0 Å². The van der Waals surface area contributed by atoms with Gasteiger partial charge in [-0.05, 0) is 67.9 Å². The Morgan fingerprint density at radius 3 is 2.50 bits per heavy atom. The molecule has 0 aromatic rings. The van der Waals surface area contributed by atoms with Crippen molar-refractivity contribution in [3.63, 3.8) is 0 Å². The zero-order valence-electron chi connectivity index (χ0n) is 14.7. The van der Waals surface area contributed by atoms with Crippen LogP contribution in [0, 0.1) is 29.1 Å². The summed E-state index contributed by atoms with van der Waals surface area (Å²) in [7, 11) is 1.84. The van der Waals surface area contributed by atoms with Gasteiger partial charge in [0.2, 0.25) is 0 Å². The lowest BCUT2D eigenvalue weighted by Gasteiger charge is -2.44. The van der Waals surface area contributed by atoms with E-state index in [-0.39, 0.29) is 0 Å². The number of nitrogens with one attached hydrogen (secondary N) is 1. The van der Waals surface area contributed by atoms with Crippen molar-refractivity contribution in [2.24, 2.45) is 29.1 Å². The standard InChI is InChI=1S/C18H37NO/c1-7-10-19-12-15-8-9-16(18(3,4)5)11-17(15)14(2)13-20-6/h14-17,19H,7-13H2,1-6H3. The Kier molecular flexibility index (Phi) is 7.53. The molecule has 0 bridgehead atoms. The van der Waals surface area contributed by atoms with Gasteiger partial charge in [0.15, 0.2) is 0 Å². The molecular formula is C18H37NO. The van der Waals surface area contributed by atoms with Crippen LogP contribution in [0.25, 0.3) is 0 Å². The monoisotopic (exact) mass is 283 g/mol. The van der Waals surface area contributed by atoms with Crippen molar-refractivity contribution in [2.45, 2.75) is 60.3 Å². The SMILES string of the molecule is CCCNCC1CCC(C(C)(C)C)CC1C(C)COC. The van der Waals surface area contributed by atoms with E-state index in [0.717, 1.165) is 30.9 Å². The largest absolute Gasteiger partial charge is 0.384 e. The summed E-state index contributed by atoms with van der Waals surface area (Å²) in [4.78, 5) is 0. The predicted molar refractivity (Wildman–Crippen MR) is 88.0 cm³/mol. The van der Waals surface area contributed by atoms with Gasteiger partial charge in [-0.25, -0.2) is 0 Å². The number of hydrogen-bond donors (Lipinski definition) is 1. The summed E-state index contributed by atoms with van der Waals surface area (Å²) in [5, 5.41) is 3.64. The van der Waals surface area contributed by atoms with Crippen molar-refractivity contribution < 1.29 is 4.74 Å². The molecule has 2 nitrogen and oxygen atoms in total. The van der Waals surface area contributed by atoms with Gasteiger partial charge in [0, 0.05) is 13.7 Å². The molecule has 1 N–H and O–H groups in total. The van der Waals surface area contributed by atoms with E-state index in [4.69, 9.17) is 4.74 Å². The number of ether oxygens (including phenoxy) is 1. The van der Waals surface area contributed by atoms with Crippen LogP contribution in [0.1, 0.15) is 60.3 Å². The highest BCUT2D eigenvalue weighted by Crippen LogP contribution is 2.45. The van der Waals surface area contributed by atoms with E-state index in [0.29, 0.717) is 11.3 Å². The molecular weight excluding hydrogens is 246 g/mol.